The Hall–Kier alpha value is -1.74. The topological polar surface area (TPSA) is 12.0 Å². The number of halogens is 2. The van der Waals surface area contributed by atoms with Gasteiger partial charge in [0.15, 0.2) is 11.6 Å². The lowest BCUT2D eigenvalue weighted by atomic mass is 9.95. The van der Waals surface area contributed by atoms with Gasteiger partial charge in [0, 0.05) is 6.04 Å². The summed E-state index contributed by atoms with van der Waals surface area (Å²) in [6.45, 7) is 4.13. The van der Waals surface area contributed by atoms with Crippen LogP contribution in [0.15, 0.2) is 36.4 Å². The van der Waals surface area contributed by atoms with E-state index in [2.05, 4.69) is 37.4 Å². The molecular formula is C18H21F2N. The van der Waals surface area contributed by atoms with Gasteiger partial charge >= 0.3 is 0 Å². The van der Waals surface area contributed by atoms with Crippen LogP contribution in [0.3, 0.4) is 0 Å². The summed E-state index contributed by atoms with van der Waals surface area (Å²) in [4.78, 5) is 0. The van der Waals surface area contributed by atoms with Gasteiger partial charge < -0.3 is 5.32 Å². The number of nitrogens with one attached hydrogen (secondary N) is 1. The molecule has 0 aromatic heterocycles. The van der Waals surface area contributed by atoms with Crippen LogP contribution >= 0.6 is 0 Å². The van der Waals surface area contributed by atoms with Crippen molar-refractivity contribution in [1.29, 1.82) is 0 Å². The van der Waals surface area contributed by atoms with Gasteiger partial charge in [-0.05, 0) is 56.5 Å². The molecule has 112 valence electrons. The third-order valence-corrected chi connectivity index (χ3v) is 3.88. The van der Waals surface area contributed by atoms with Gasteiger partial charge in [-0.1, -0.05) is 35.9 Å². The molecule has 0 radical (unpaired) electrons. The van der Waals surface area contributed by atoms with Crippen molar-refractivity contribution in [2.45, 2.75) is 32.7 Å². The second kappa shape index (κ2) is 6.81. The maximum atomic E-state index is 13.8. The molecule has 0 aliphatic carbocycles. The van der Waals surface area contributed by atoms with Gasteiger partial charge in [0.25, 0.3) is 0 Å². The van der Waals surface area contributed by atoms with Crippen molar-refractivity contribution in [2.24, 2.45) is 0 Å². The largest absolute Gasteiger partial charge is 0.316 e. The first-order valence-electron chi connectivity index (χ1n) is 7.17. The quantitative estimate of drug-likeness (QED) is 0.878. The van der Waals surface area contributed by atoms with Crippen LogP contribution in [0.2, 0.25) is 0 Å². The minimum Gasteiger partial charge on any atom is -0.316 e. The monoisotopic (exact) mass is 289 g/mol. The highest BCUT2D eigenvalue weighted by Gasteiger charge is 2.14. The van der Waals surface area contributed by atoms with E-state index < -0.39 is 11.6 Å². The number of hydrogen-bond donors (Lipinski definition) is 1. The van der Waals surface area contributed by atoms with Crippen LogP contribution in [0.5, 0.6) is 0 Å². The van der Waals surface area contributed by atoms with E-state index in [1.807, 2.05) is 7.05 Å². The molecule has 0 spiro atoms. The maximum Gasteiger partial charge on any atom is 0.162 e. The molecular weight excluding hydrogens is 268 g/mol. The van der Waals surface area contributed by atoms with E-state index in [4.69, 9.17) is 0 Å². The highest BCUT2D eigenvalue weighted by atomic mass is 19.2. The van der Waals surface area contributed by atoms with Crippen molar-refractivity contribution >= 4 is 0 Å². The van der Waals surface area contributed by atoms with Gasteiger partial charge in [-0.15, -0.1) is 0 Å². The van der Waals surface area contributed by atoms with E-state index >= 15 is 0 Å². The molecule has 3 heteroatoms. The molecule has 2 rings (SSSR count). The molecule has 0 aliphatic heterocycles. The minimum atomic E-state index is -0.783. The summed E-state index contributed by atoms with van der Waals surface area (Å²) in [6, 6.07) is 10.8. The Morgan fingerprint density at radius 2 is 1.71 bits per heavy atom. The average molecular weight is 289 g/mol. The Morgan fingerprint density at radius 1 is 1.00 bits per heavy atom. The molecule has 1 nitrogen and oxygen atoms in total. The molecule has 21 heavy (non-hydrogen) atoms. The van der Waals surface area contributed by atoms with Crippen molar-refractivity contribution in [1.82, 2.24) is 5.32 Å². The van der Waals surface area contributed by atoms with Crippen molar-refractivity contribution in [3.63, 3.8) is 0 Å². The van der Waals surface area contributed by atoms with Crippen molar-refractivity contribution in [3.8, 4) is 0 Å². The summed E-state index contributed by atoms with van der Waals surface area (Å²) in [6.07, 6.45) is 1.26. The van der Waals surface area contributed by atoms with Crippen LogP contribution in [-0.4, -0.2) is 13.1 Å². The van der Waals surface area contributed by atoms with Crippen molar-refractivity contribution in [3.05, 3.63) is 70.3 Å². The van der Waals surface area contributed by atoms with E-state index in [-0.39, 0.29) is 6.04 Å². The van der Waals surface area contributed by atoms with Crippen molar-refractivity contribution in [2.75, 3.05) is 7.05 Å². The first kappa shape index (κ1) is 15.6. The molecule has 0 saturated carbocycles. The molecule has 1 N–H and O–H groups in total. The van der Waals surface area contributed by atoms with Gasteiger partial charge in [0.05, 0.1) is 0 Å². The zero-order valence-corrected chi connectivity index (χ0v) is 12.7. The van der Waals surface area contributed by atoms with Gasteiger partial charge in [0.1, 0.15) is 0 Å². The normalized spacial score (nSPS) is 12.4. The standard InChI is InChI=1S/C18H21F2N/c1-12-7-8-13(2)15(9-12)11-16(21-3)10-14-5-4-6-17(19)18(14)20/h4-9,16,21H,10-11H2,1-3H3. The number of likely N-dealkylation sites (N-methyl/N-ethyl adjacent to an activating group) is 1. The van der Waals surface area contributed by atoms with E-state index in [1.54, 1.807) is 12.1 Å². The lowest BCUT2D eigenvalue weighted by Gasteiger charge is -2.18. The Bertz CT molecular complexity index is 619. The molecule has 0 bridgehead atoms. The summed E-state index contributed by atoms with van der Waals surface area (Å²) >= 11 is 0. The highest BCUT2D eigenvalue weighted by molar-refractivity contribution is 5.31. The lowest BCUT2D eigenvalue weighted by molar-refractivity contribution is 0.482. The number of aryl methyl sites for hydroxylation is 2. The van der Waals surface area contributed by atoms with Crippen LogP contribution in [0.1, 0.15) is 22.3 Å². The molecule has 0 fully saturated rings. The molecule has 1 unspecified atom stereocenters. The minimum absolute atomic E-state index is 0.0711. The third kappa shape index (κ3) is 3.88. The van der Waals surface area contributed by atoms with E-state index in [9.17, 15) is 8.78 Å². The second-order valence-electron chi connectivity index (χ2n) is 5.54. The van der Waals surface area contributed by atoms with Crippen LogP contribution in [-0.2, 0) is 12.8 Å². The molecule has 0 aliphatic rings. The van der Waals surface area contributed by atoms with Gasteiger partial charge in [-0.25, -0.2) is 8.78 Å². The Kier molecular flexibility index (Phi) is 5.07. The van der Waals surface area contributed by atoms with E-state index in [0.717, 1.165) is 12.5 Å². The molecule has 0 saturated heterocycles. The average Bonchev–Trinajstić information content (AvgIpc) is 2.46. The first-order chi connectivity index (χ1) is 10.0. The van der Waals surface area contributed by atoms with Gasteiger partial charge in [-0.3, -0.25) is 0 Å². The Labute approximate surface area is 125 Å². The van der Waals surface area contributed by atoms with Crippen LogP contribution in [0.25, 0.3) is 0 Å². The van der Waals surface area contributed by atoms with E-state index in [0.29, 0.717) is 12.0 Å². The fraction of sp³-hybridized carbons (Fsp3) is 0.333. The number of benzene rings is 2. The summed E-state index contributed by atoms with van der Waals surface area (Å²) in [5.41, 5.74) is 4.09. The molecule has 2 aromatic carbocycles. The smallest absolute Gasteiger partial charge is 0.162 e. The lowest BCUT2D eigenvalue weighted by Crippen LogP contribution is -2.30. The van der Waals surface area contributed by atoms with Gasteiger partial charge in [0.2, 0.25) is 0 Å². The van der Waals surface area contributed by atoms with Crippen LogP contribution < -0.4 is 5.32 Å². The molecule has 0 amide bonds. The predicted octanol–water partition coefficient (Wildman–Crippen LogP) is 3.95. The van der Waals surface area contributed by atoms with Crippen LogP contribution in [0.4, 0.5) is 8.78 Å². The summed E-state index contributed by atoms with van der Waals surface area (Å²) in [7, 11) is 1.85. The second-order valence-corrected chi connectivity index (χ2v) is 5.54. The van der Waals surface area contributed by atoms with Gasteiger partial charge in [-0.2, -0.15) is 0 Å². The SMILES string of the molecule is CNC(Cc1cc(C)ccc1C)Cc1cccc(F)c1F. The fourth-order valence-electron chi connectivity index (χ4n) is 2.53. The zero-order valence-electron chi connectivity index (χ0n) is 12.7. The highest BCUT2D eigenvalue weighted by Crippen LogP contribution is 2.17. The molecule has 2 aromatic rings. The fourth-order valence-corrected chi connectivity index (χ4v) is 2.53. The summed E-state index contributed by atoms with van der Waals surface area (Å²) in [5, 5.41) is 3.20. The first-order valence-corrected chi connectivity index (χ1v) is 7.17. The Balaban J connectivity index is 2.17. The molecule has 1 atom stereocenters. The zero-order chi connectivity index (χ0) is 15.4. The Morgan fingerprint density at radius 3 is 2.43 bits per heavy atom. The summed E-state index contributed by atoms with van der Waals surface area (Å²) < 4.78 is 27.1. The number of hydrogen-bond acceptors (Lipinski definition) is 1. The number of rotatable bonds is 5. The summed E-state index contributed by atoms with van der Waals surface area (Å²) in [5.74, 6) is -1.52. The maximum absolute atomic E-state index is 13.8. The van der Waals surface area contributed by atoms with E-state index in [1.165, 1.54) is 16.7 Å². The molecule has 0 heterocycles. The van der Waals surface area contributed by atoms with Crippen molar-refractivity contribution < 1.29 is 8.78 Å². The van der Waals surface area contributed by atoms with Crippen LogP contribution in [0, 0.1) is 25.5 Å². The predicted molar refractivity (Wildman–Crippen MR) is 82.5 cm³/mol. The third-order valence-electron chi connectivity index (χ3n) is 3.88.